The van der Waals surface area contributed by atoms with Crippen LogP contribution in [0.2, 0.25) is 0 Å². The molecule has 1 aliphatic heterocycles. The van der Waals surface area contributed by atoms with Crippen LogP contribution in [0.1, 0.15) is 57.8 Å². The van der Waals surface area contributed by atoms with Crippen LogP contribution in [0, 0.1) is 13.8 Å². The highest BCUT2D eigenvalue weighted by Crippen LogP contribution is 2.41. The van der Waals surface area contributed by atoms with Crippen LogP contribution in [0.3, 0.4) is 0 Å². The van der Waals surface area contributed by atoms with Gasteiger partial charge in [-0.3, -0.25) is 9.59 Å². The second-order valence-electron chi connectivity index (χ2n) is 9.22. The van der Waals surface area contributed by atoms with E-state index < -0.39 is 6.04 Å². The Hall–Kier alpha value is -4.06. The topological polar surface area (TPSA) is 69.0 Å². The van der Waals surface area contributed by atoms with Gasteiger partial charge in [0.25, 0.3) is 5.91 Å². The normalized spacial score (nSPS) is 14.8. The van der Waals surface area contributed by atoms with Crippen molar-refractivity contribution in [3.63, 3.8) is 0 Å². The first-order valence-corrected chi connectivity index (χ1v) is 12.2. The lowest BCUT2D eigenvalue weighted by atomic mass is 9.97. The van der Waals surface area contributed by atoms with Gasteiger partial charge < -0.3 is 18.8 Å². The summed E-state index contributed by atoms with van der Waals surface area (Å²) >= 11 is 0. The molecule has 1 unspecified atom stereocenters. The summed E-state index contributed by atoms with van der Waals surface area (Å²) in [6.45, 7) is 6.75. The molecule has 6 nitrogen and oxygen atoms in total. The van der Waals surface area contributed by atoms with Gasteiger partial charge in [-0.05, 0) is 60.7 Å². The number of carbonyl (C=O) groups excluding carboxylic acids is 1. The van der Waals surface area contributed by atoms with Crippen LogP contribution in [0.5, 0.6) is 11.5 Å². The molecular weight excluding hydrogens is 454 g/mol. The second-order valence-corrected chi connectivity index (χ2v) is 9.22. The van der Waals surface area contributed by atoms with Gasteiger partial charge in [-0.25, -0.2) is 0 Å². The molecule has 0 saturated heterocycles. The van der Waals surface area contributed by atoms with Crippen LogP contribution in [0.4, 0.5) is 0 Å². The van der Waals surface area contributed by atoms with Gasteiger partial charge >= 0.3 is 0 Å². The maximum Gasteiger partial charge on any atom is 0.290 e. The first kappa shape index (κ1) is 23.7. The van der Waals surface area contributed by atoms with Crippen LogP contribution in [0.15, 0.2) is 69.9 Å². The number of methoxy groups -OCH3 is 1. The lowest BCUT2D eigenvalue weighted by Gasteiger charge is -2.25. The Labute approximate surface area is 210 Å². The van der Waals surface area contributed by atoms with E-state index in [-0.39, 0.29) is 17.1 Å². The van der Waals surface area contributed by atoms with Crippen molar-refractivity contribution >= 4 is 16.9 Å². The SMILES string of the molecule is CCCN1C(=O)c2oc3c(C)cc(C)cc3c(=O)c2C1c1ccc(OCc2ccccc2)c(OC)c1. The molecule has 36 heavy (non-hydrogen) atoms. The van der Waals surface area contributed by atoms with Crippen molar-refractivity contribution in [3.8, 4) is 11.5 Å². The molecule has 0 N–H and O–H groups in total. The molecule has 5 rings (SSSR count). The molecule has 1 aliphatic rings. The van der Waals surface area contributed by atoms with Gasteiger partial charge in [0.15, 0.2) is 16.9 Å². The highest BCUT2D eigenvalue weighted by Gasteiger charge is 2.42. The molecule has 0 bridgehead atoms. The fraction of sp³-hybridized carbons (Fsp3) is 0.267. The van der Waals surface area contributed by atoms with Crippen molar-refractivity contribution in [2.75, 3.05) is 13.7 Å². The molecule has 0 aliphatic carbocycles. The Morgan fingerprint density at radius 3 is 2.47 bits per heavy atom. The molecule has 4 aromatic rings. The third kappa shape index (κ3) is 4.02. The van der Waals surface area contributed by atoms with Crippen LogP contribution in [0.25, 0.3) is 11.0 Å². The maximum absolute atomic E-state index is 13.8. The lowest BCUT2D eigenvalue weighted by Crippen LogP contribution is -2.30. The average molecular weight is 484 g/mol. The maximum atomic E-state index is 13.8. The van der Waals surface area contributed by atoms with E-state index in [1.165, 1.54) is 0 Å². The molecule has 0 radical (unpaired) electrons. The minimum Gasteiger partial charge on any atom is -0.493 e. The number of carbonyl (C=O) groups is 1. The van der Waals surface area contributed by atoms with Crippen molar-refractivity contribution in [1.82, 2.24) is 4.90 Å². The predicted molar refractivity (Wildman–Crippen MR) is 139 cm³/mol. The minimum absolute atomic E-state index is 0.126. The number of ether oxygens (including phenoxy) is 2. The van der Waals surface area contributed by atoms with E-state index in [0.717, 1.165) is 28.7 Å². The van der Waals surface area contributed by atoms with E-state index in [2.05, 4.69) is 0 Å². The molecule has 0 saturated carbocycles. The summed E-state index contributed by atoms with van der Waals surface area (Å²) in [4.78, 5) is 29.0. The monoisotopic (exact) mass is 483 g/mol. The van der Waals surface area contributed by atoms with Gasteiger partial charge in [-0.1, -0.05) is 49.4 Å². The molecule has 3 aromatic carbocycles. The number of amides is 1. The molecule has 1 atom stereocenters. The molecule has 184 valence electrons. The van der Waals surface area contributed by atoms with Gasteiger partial charge in [0.2, 0.25) is 5.76 Å². The number of hydrogen-bond acceptors (Lipinski definition) is 5. The predicted octanol–water partition coefficient (Wildman–Crippen LogP) is 5.95. The highest BCUT2D eigenvalue weighted by molar-refractivity contribution is 5.99. The van der Waals surface area contributed by atoms with Crippen LogP contribution >= 0.6 is 0 Å². The van der Waals surface area contributed by atoms with Gasteiger partial charge in [0, 0.05) is 6.54 Å². The number of hydrogen-bond donors (Lipinski definition) is 0. The molecule has 6 heteroatoms. The number of benzene rings is 3. The van der Waals surface area contributed by atoms with Crippen molar-refractivity contribution in [1.29, 1.82) is 0 Å². The zero-order chi connectivity index (χ0) is 25.4. The molecule has 1 amide bonds. The number of rotatable bonds is 7. The standard InChI is InChI=1S/C30H29NO5/c1-5-13-31-26(21-11-12-23(24(16-21)34-4)35-17-20-9-7-6-8-10-20)25-27(32)22-15-18(2)14-19(3)28(22)36-29(25)30(31)33/h6-12,14-16,26H,5,13,17H2,1-4H3. The molecule has 2 heterocycles. The first-order valence-electron chi connectivity index (χ1n) is 12.2. The van der Waals surface area contributed by atoms with Crippen molar-refractivity contribution < 1.29 is 18.7 Å². The van der Waals surface area contributed by atoms with Crippen molar-refractivity contribution in [2.45, 2.75) is 39.8 Å². The summed E-state index contributed by atoms with van der Waals surface area (Å²) in [7, 11) is 1.58. The van der Waals surface area contributed by atoms with Crippen molar-refractivity contribution in [3.05, 3.63) is 104 Å². The van der Waals surface area contributed by atoms with Crippen molar-refractivity contribution in [2.24, 2.45) is 0 Å². The quantitative estimate of drug-likeness (QED) is 0.325. The average Bonchev–Trinajstić information content (AvgIpc) is 3.16. The van der Waals surface area contributed by atoms with E-state index in [1.54, 1.807) is 12.0 Å². The van der Waals surface area contributed by atoms with Gasteiger partial charge in [-0.2, -0.15) is 0 Å². The molecule has 0 fully saturated rings. The summed E-state index contributed by atoms with van der Waals surface area (Å²) < 4.78 is 17.8. The highest BCUT2D eigenvalue weighted by atomic mass is 16.5. The zero-order valence-corrected chi connectivity index (χ0v) is 21.0. The Morgan fingerprint density at radius 2 is 1.75 bits per heavy atom. The molecular formula is C30H29NO5. The third-order valence-corrected chi connectivity index (χ3v) is 6.60. The van der Waals surface area contributed by atoms with E-state index in [0.29, 0.717) is 41.2 Å². The number of fused-ring (bicyclic) bond motifs is 2. The largest absolute Gasteiger partial charge is 0.493 e. The number of aryl methyl sites for hydroxylation is 2. The Kier molecular flexibility index (Phi) is 6.27. The Morgan fingerprint density at radius 1 is 0.972 bits per heavy atom. The Bertz CT molecular complexity index is 1510. The van der Waals surface area contributed by atoms with E-state index in [4.69, 9.17) is 13.9 Å². The van der Waals surface area contributed by atoms with Gasteiger partial charge in [0.1, 0.15) is 12.2 Å². The van der Waals surface area contributed by atoms with Crippen LogP contribution in [-0.4, -0.2) is 24.5 Å². The van der Waals surface area contributed by atoms with E-state index in [9.17, 15) is 9.59 Å². The minimum atomic E-state index is -0.564. The molecule has 0 spiro atoms. The van der Waals surface area contributed by atoms with Gasteiger partial charge in [-0.15, -0.1) is 0 Å². The van der Waals surface area contributed by atoms with Gasteiger partial charge in [0.05, 0.1) is 24.1 Å². The van der Waals surface area contributed by atoms with E-state index in [1.807, 2.05) is 81.4 Å². The summed E-state index contributed by atoms with van der Waals surface area (Å²) in [6.07, 6.45) is 0.748. The molecule has 1 aromatic heterocycles. The summed E-state index contributed by atoms with van der Waals surface area (Å²) in [6, 6.07) is 18.7. The second kappa shape index (κ2) is 9.53. The first-order chi connectivity index (χ1) is 17.4. The summed E-state index contributed by atoms with van der Waals surface area (Å²) in [5, 5.41) is 0.497. The fourth-order valence-corrected chi connectivity index (χ4v) is 5.00. The smallest absolute Gasteiger partial charge is 0.290 e. The Balaban J connectivity index is 1.61. The summed E-state index contributed by atoms with van der Waals surface area (Å²) in [5.74, 6) is 0.992. The lowest BCUT2D eigenvalue weighted by molar-refractivity contribution is 0.0728. The summed E-state index contributed by atoms with van der Waals surface area (Å²) in [5.41, 5.74) is 4.31. The van der Waals surface area contributed by atoms with Crippen LogP contribution in [-0.2, 0) is 6.61 Å². The zero-order valence-electron chi connectivity index (χ0n) is 21.0. The van der Waals surface area contributed by atoms with E-state index >= 15 is 0 Å². The van der Waals surface area contributed by atoms with Crippen LogP contribution < -0.4 is 14.9 Å². The third-order valence-electron chi connectivity index (χ3n) is 6.60. The number of nitrogens with zero attached hydrogens (tertiary/aromatic N) is 1. The fourth-order valence-electron chi connectivity index (χ4n) is 5.00.